The Bertz CT molecular complexity index is 1180. The molecule has 34 heavy (non-hydrogen) atoms. The summed E-state index contributed by atoms with van der Waals surface area (Å²) in [6.45, 7) is 5.42. The van der Waals surface area contributed by atoms with Crippen LogP contribution in [0, 0.1) is 11.8 Å². The minimum absolute atomic E-state index is 0.0874. The van der Waals surface area contributed by atoms with E-state index in [0.29, 0.717) is 36.4 Å². The second-order valence-corrected chi connectivity index (χ2v) is 9.90. The maximum Gasteiger partial charge on any atom is 0.282 e. The molecule has 0 unspecified atom stereocenters. The highest BCUT2D eigenvalue weighted by atomic mass is 19.3. The largest absolute Gasteiger partial charge is 0.389 e. The molecule has 2 fully saturated rings. The van der Waals surface area contributed by atoms with Crippen LogP contribution in [0.2, 0.25) is 0 Å². The first-order valence-electron chi connectivity index (χ1n) is 12.0. The number of β-amino-alcohol motifs (C(OH)–C–C–N with tert-alkyl or cyclic N) is 1. The summed E-state index contributed by atoms with van der Waals surface area (Å²) < 4.78 is 30.8. The van der Waals surface area contributed by atoms with Gasteiger partial charge in [-0.2, -0.15) is 10.2 Å². The van der Waals surface area contributed by atoms with E-state index in [2.05, 4.69) is 29.0 Å². The van der Waals surface area contributed by atoms with Crippen molar-refractivity contribution in [2.75, 3.05) is 18.0 Å². The number of carbonyl (C=O) groups excluding carboxylic acids is 1. The van der Waals surface area contributed by atoms with Crippen LogP contribution in [0.1, 0.15) is 73.6 Å². The SMILES string of the molecule is CC(C)C1CCC(n2cc(CC(=O)c3cnn4ccc(N5CC(O)C5)nc34)c(C(F)F)n2)CC1. The highest BCUT2D eigenvalue weighted by Gasteiger charge is 2.29. The van der Waals surface area contributed by atoms with E-state index in [-0.39, 0.29) is 41.2 Å². The molecule has 182 valence electrons. The molecule has 1 aliphatic carbocycles. The molecule has 1 saturated carbocycles. The van der Waals surface area contributed by atoms with Crippen molar-refractivity contribution in [3.63, 3.8) is 0 Å². The standard InChI is InChI=1S/C24H30F2N6O2/c1-14(2)15-3-5-17(6-4-15)32-11-16(22(29-32)23(25)26)9-20(34)19-10-27-31-8-7-21(28-24(19)31)30-12-18(33)13-30/h7-8,10-11,14-15,17-18,23,33H,3-6,9,12-13H2,1-2H3. The Balaban J connectivity index is 1.36. The number of nitrogens with zero attached hydrogens (tertiary/aromatic N) is 6. The number of halogens is 2. The molecule has 2 aliphatic rings. The highest BCUT2D eigenvalue weighted by molar-refractivity contribution is 6.02. The van der Waals surface area contributed by atoms with Gasteiger partial charge in [-0.1, -0.05) is 13.8 Å². The van der Waals surface area contributed by atoms with Gasteiger partial charge in [-0.15, -0.1) is 0 Å². The number of aliphatic hydroxyl groups excluding tert-OH is 1. The Morgan fingerprint density at radius 1 is 1.21 bits per heavy atom. The van der Waals surface area contributed by atoms with Gasteiger partial charge in [0.2, 0.25) is 0 Å². The van der Waals surface area contributed by atoms with Crippen LogP contribution in [0.5, 0.6) is 0 Å². The lowest BCUT2D eigenvalue weighted by atomic mass is 9.80. The number of carbonyl (C=O) groups is 1. The van der Waals surface area contributed by atoms with E-state index in [1.54, 1.807) is 23.1 Å². The first kappa shape index (κ1) is 22.9. The number of anilines is 1. The third-order valence-electron chi connectivity index (χ3n) is 7.30. The van der Waals surface area contributed by atoms with Crippen molar-refractivity contribution in [1.82, 2.24) is 24.4 Å². The molecule has 3 aromatic heterocycles. The molecule has 0 bridgehead atoms. The maximum atomic E-state index is 13.8. The zero-order valence-electron chi connectivity index (χ0n) is 19.4. The molecule has 1 aliphatic heterocycles. The molecule has 1 N–H and O–H groups in total. The summed E-state index contributed by atoms with van der Waals surface area (Å²) in [6.07, 6.45) is 5.39. The van der Waals surface area contributed by atoms with Gasteiger partial charge >= 0.3 is 0 Å². The molecular formula is C24H30F2N6O2. The summed E-state index contributed by atoms with van der Waals surface area (Å²) >= 11 is 0. The number of alkyl halides is 2. The summed E-state index contributed by atoms with van der Waals surface area (Å²) in [7, 11) is 0. The van der Waals surface area contributed by atoms with E-state index in [1.165, 1.54) is 10.7 Å². The maximum absolute atomic E-state index is 13.8. The van der Waals surface area contributed by atoms with Crippen molar-refractivity contribution in [2.24, 2.45) is 11.8 Å². The number of hydrogen-bond donors (Lipinski definition) is 1. The Kier molecular flexibility index (Phi) is 6.09. The van der Waals surface area contributed by atoms with Crippen molar-refractivity contribution in [1.29, 1.82) is 0 Å². The fourth-order valence-corrected chi connectivity index (χ4v) is 5.13. The van der Waals surface area contributed by atoms with Gasteiger partial charge < -0.3 is 10.0 Å². The highest BCUT2D eigenvalue weighted by Crippen LogP contribution is 2.36. The van der Waals surface area contributed by atoms with Gasteiger partial charge in [0.25, 0.3) is 6.43 Å². The lowest BCUT2D eigenvalue weighted by Gasteiger charge is -2.36. The van der Waals surface area contributed by atoms with Crippen LogP contribution in [0.15, 0.2) is 24.7 Å². The van der Waals surface area contributed by atoms with Gasteiger partial charge in [-0.05, 0) is 43.6 Å². The summed E-state index contributed by atoms with van der Waals surface area (Å²) in [6, 6.07) is 1.86. The second kappa shape index (κ2) is 9.05. The molecule has 0 aromatic carbocycles. The average molecular weight is 473 g/mol. The predicted octanol–water partition coefficient (Wildman–Crippen LogP) is 3.86. The van der Waals surface area contributed by atoms with E-state index >= 15 is 0 Å². The molecule has 3 aromatic rings. The zero-order valence-corrected chi connectivity index (χ0v) is 19.4. The molecule has 1 saturated heterocycles. The number of rotatable bonds is 7. The molecule has 0 amide bonds. The molecule has 0 atom stereocenters. The minimum atomic E-state index is -2.75. The molecule has 0 radical (unpaired) electrons. The third-order valence-corrected chi connectivity index (χ3v) is 7.30. The normalized spacial score (nSPS) is 21.6. The molecular weight excluding hydrogens is 442 g/mol. The van der Waals surface area contributed by atoms with Crippen molar-refractivity contribution in [3.8, 4) is 0 Å². The molecule has 10 heteroatoms. The van der Waals surface area contributed by atoms with E-state index < -0.39 is 6.43 Å². The van der Waals surface area contributed by atoms with Crippen LogP contribution in [-0.2, 0) is 6.42 Å². The number of aliphatic hydroxyl groups is 1. The van der Waals surface area contributed by atoms with Gasteiger partial charge in [-0.3, -0.25) is 9.48 Å². The quantitative estimate of drug-likeness (QED) is 0.526. The zero-order chi connectivity index (χ0) is 24.0. The molecule has 5 rings (SSSR count). The predicted molar refractivity (Wildman–Crippen MR) is 122 cm³/mol. The van der Waals surface area contributed by atoms with Crippen LogP contribution >= 0.6 is 0 Å². The van der Waals surface area contributed by atoms with Gasteiger partial charge in [0.1, 0.15) is 11.5 Å². The van der Waals surface area contributed by atoms with Crippen LogP contribution in [-0.4, -0.2) is 54.5 Å². The summed E-state index contributed by atoms with van der Waals surface area (Å²) in [5, 5.41) is 18.0. The van der Waals surface area contributed by atoms with Crippen molar-refractivity contribution in [3.05, 3.63) is 41.5 Å². The topological polar surface area (TPSA) is 88.5 Å². The number of aromatic nitrogens is 5. The summed E-state index contributed by atoms with van der Waals surface area (Å²) in [5.41, 5.74) is 0.599. The van der Waals surface area contributed by atoms with E-state index in [1.807, 2.05) is 4.90 Å². The van der Waals surface area contributed by atoms with Crippen LogP contribution in [0.3, 0.4) is 0 Å². The lowest BCUT2D eigenvalue weighted by molar-refractivity contribution is 0.0992. The number of hydrogen-bond acceptors (Lipinski definition) is 6. The van der Waals surface area contributed by atoms with Gasteiger partial charge in [0.15, 0.2) is 11.4 Å². The monoisotopic (exact) mass is 472 g/mol. The van der Waals surface area contributed by atoms with E-state index in [0.717, 1.165) is 25.7 Å². The van der Waals surface area contributed by atoms with Crippen LogP contribution in [0.4, 0.5) is 14.6 Å². The molecule has 4 heterocycles. The average Bonchev–Trinajstić information content (AvgIpc) is 3.41. The number of ketones is 1. The van der Waals surface area contributed by atoms with Crippen LogP contribution in [0.25, 0.3) is 5.65 Å². The van der Waals surface area contributed by atoms with Crippen molar-refractivity contribution in [2.45, 2.75) is 64.5 Å². The Hall–Kier alpha value is -2.88. The fraction of sp³-hybridized carbons (Fsp3) is 0.583. The van der Waals surface area contributed by atoms with Crippen LogP contribution < -0.4 is 4.90 Å². The van der Waals surface area contributed by atoms with Crippen molar-refractivity contribution >= 4 is 17.2 Å². The molecule has 8 nitrogen and oxygen atoms in total. The van der Waals surface area contributed by atoms with Gasteiger partial charge in [0.05, 0.1) is 23.9 Å². The van der Waals surface area contributed by atoms with Crippen molar-refractivity contribution < 1.29 is 18.7 Å². The third kappa shape index (κ3) is 4.31. The Morgan fingerprint density at radius 3 is 2.59 bits per heavy atom. The number of fused-ring (bicyclic) bond motifs is 1. The Morgan fingerprint density at radius 2 is 1.94 bits per heavy atom. The van der Waals surface area contributed by atoms with Gasteiger partial charge in [-0.25, -0.2) is 18.3 Å². The minimum Gasteiger partial charge on any atom is -0.389 e. The first-order valence-corrected chi connectivity index (χ1v) is 12.0. The van der Waals surface area contributed by atoms with Gasteiger partial charge in [0, 0.05) is 37.5 Å². The fourth-order valence-electron chi connectivity index (χ4n) is 5.13. The second-order valence-electron chi connectivity index (χ2n) is 9.90. The first-order chi connectivity index (χ1) is 16.3. The summed E-state index contributed by atoms with van der Waals surface area (Å²) in [5.74, 6) is 1.60. The van der Waals surface area contributed by atoms with E-state index in [4.69, 9.17) is 0 Å². The smallest absolute Gasteiger partial charge is 0.282 e. The Labute approximate surface area is 196 Å². The molecule has 0 spiro atoms. The number of Topliss-reactive ketones (excluding diaryl/α,β-unsaturated/α-hetero) is 1. The lowest BCUT2D eigenvalue weighted by Crippen LogP contribution is -2.51. The van der Waals surface area contributed by atoms with E-state index in [9.17, 15) is 18.7 Å². The summed E-state index contributed by atoms with van der Waals surface area (Å²) in [4.78, 5) is 19.6.